The molecule has 0 radical (unpaired) electrons. The van der Waals surface area contributed by atoms with Crippen LogP contribution in [-0.4, -0.2) is 50.8 Å². The molecule has 0 amide bonds. The van der Waals surface area contributed by atoms with Crippen LogP contribution in [0.3, 0.4) is 0 Å². The van der Waals surface area contributed by atoms with E-state index >= 15 is 0 Å². The molecule has 0 bridgehead atoms. The summed E-state index contributed by atoms with van der Waals surface area (Å²) in [5.74, 6) is 0.608. The molecule has 32 heavy (non-hydrogen) atoms. The van der Waals surface area contributed by atoms with Gasteiger partial charge in [-0.15, -0.1) is 5.10 Å². The largest absolute Gasteiger partial charge is 0.492 e. The van der Waals surface area contributed by atoms with E-state index in [4.69, 9.17) is 11.6 Å². The van der Waals surface area contributed by atoms with Crippen molar-refractivity contribution in [1.29, 1.82) is 0 Å². The number of piperazine rings is 1. The third-order valence-corrected chi connectivity index (χ3v) is 7.15. The van der Waals surface area contributed by atoms with Crippen LogP contribution < -0.4 is 4.90 Å². The SMILES string of the molecule is CCc1nc2sc([C@@H](c3cccc(Cl)c3)N3CCN(c4ccccc4F)CC3)c(O)n2n1. The summed E-state index contributed by atoms with van der Waals surface area (Å²) in [5.41, 5.74) is 1.62. The number of benzene rings is 2. The molecule has 2 aromatic heterocycles. The monoisotopic (exact) mass is 471 g/mol. The molecule has 9 heteroatoms. The number of anilines is 1. The minimum atomic E-state index is -0.206. The van der Waals surface area contributed by atoms with Crippen molar-refractivity contribution in [2.75, 3.05) is 31.1 Å². The molecule has 1 fully saturated rings. The highest BCUT2D eigenvalue weighted by Crippen LogP contribution is 2.41. The van der Waals surface area contributed by atoms with E-state index in [1.165, 1.54) is 21.9 Å². The Morgan fingerprint density at radius 3 is 2.59 bits per heavy atom. The number of para-hydroxylation sites is 1. The van der Waals surface area contributed by atoms with Gasteiger partial charge in [-0.1, -0.05) is 54.1 Å². The first-order valence-corrected chi connectivity index (χ1v) is 11.8. The fraction of sp³-hybridized carbons (Fsp3) is 0.304. The lowest BCUT2D eigenvalue weighted by atomic mass is 10.0. The van der Waals surface area contributed by atoms with Gasteiger partial charge >= 0.3 is 0 Å². The minimum Gasteiger partial charge on any atom is -0.492 e. The molecular formula is C23H23ClFN5OS. The van der Waals surface area contributed by atoms with Gasteiger partial charge in [-0.2, -0.15) is 4.52 Å². The Bertz CT molecular complexity index is 1250. The Balaban J connectivity index is 1.49. The molecule has 166 valence electrons. The molecule has 4 aromatic rings. The van der Waals surface area contributed by atoms with E-state index in [1.807, 2.05) is 43.3 Å². The molecule has 5 rings (SSSR count). The van der Waals surface area contributed by atoms with Crippen molar-refractivity contribution in [3.05, 3.63) is 75.6 Å². The standard InChI is InChI=1S/C23H23ClFN5OS/c1-2-19-26-23-30(27-19)22(31)21(32-23)20(15-6-5-7-16(24)14-15)29-12-10-28(11-13-29)18-9-4-3-8-17(18)25/h3-9,14,20,31H,2,10-13H2,1H3/t20-/m1/s1. The Hall–Kier alpha value is -2.68. The molecule has 1 aliphatic heterocycles. The summed E-state index contributed by atoms with van der Waals surface area (Å²) in [6, 6.07) is 14.4. The van der Waals surface area contributed by atoms with Gasteiger partial charge in [0.1, 0.15) is 5.82 Å². The summed E-state index contributed by atoms with van der Waals surface area (Å²) < 4.78 is 15.8. The molecule has 1 N–H and O–H groups in total. The summed E-state index contributed by atoms with van der Waals surface area (Å²) in [7, 11) is 0. The first-order chi connectivity index (χ1) is 15.5. The number of nitrogens with zero attached hydrogens (tertiary/aromatic N) is 5. The number of thiazole rings is 1. The maximum atomic E-state index is 14.3. The van der Waals surface area contributed by atoms with Crippen LogP contribution in [0.15, 0.2) is 48.5 Å². The van der Waals surface area contributed by atoms with Gasteiger partial charge in [-0.25, -0.2) is 9.37 Å². The molecule has 2 aromatic carbocycles. The van der Waals surface area contributed by atoms with Gasteiger partial charge in [0.15, 0.2) is 5.82 Å². The van der Waals surface area contributed by atoms with Gasteiger partial charge in [0.05, 0.1) is 16.6 Å². The van der Waals surface area contributed by atoms with Crippen molar-refractivity contribution >= 4 is 33.6 Å². The number of rotatable bonds is 5. The maximum Gasteiger partial charge on any atom is 0.230 e. The number of fused-ring (bicyclic) bond motifs is 1. The predicted octanol–water partition coefficient (Wildman–Crippen LogP) is 4.76. The van der Waals surface area contributed by atoms with E-state index in [-0.39, 0.29) is 17.7 Å². The molecule has 0 spiro atoms. The van der Waals surface area contributed by atoms with E-state index in [1.54, 1.807) is 6.07 Å². The Labute approximate surface area is 194 Å². The van der Waals surface area contributed by atoms with Crippen LogP contribution in [0.5, 0.6) is 5.88 Å². The number of aromatic hydroxyl groups is 1. The average Bonchev–Trinajstić information content (AvgIpc) is 3.34. The van der Waals surface area contributed by atoms with Crippen molar-refractivity contribution in [2.24, 2.45) is 0 Å². The molecule has 0 saturated carbocycles. The smallest absolute Gasteiger partial charge is 0.230 e. The highest BCUT2D eigenvalue weighted by Gasteiger charge is 2.32. The molecule has 0 unspecified atom stereocenters. The Morgan fingerprint density at radius 2 is 1.91 bits per heavy atom. The fourth-order valence-electron chi connectivity index (χ4n) is 4.25. The summed E-state index contributed by atoms with van der Waals surface area (Å²) in [6.45, 7) is 4.76. The Morgan fingerprint density at radius 1 is 1.12 bits per heavy atom. The lowest BCUT2D eigenvalue weighted by Crippen LogP contribution is -2.48. The second-order valence-electron chi connectivity index (χ2n) is 7.80. The van der Waals surface area contributed by atoms with E-state index < -0.39 is 0 Å². The topological polar surface area (TPSA) is 56.9 Å². The van der Waals surface area contributed by atoms with Gasteiger partial charge in [-0.05, 0) is 29.8 Å². The Kier molecular flexibility index (Phi) is 5.75. The number of hydrogen-bond donors (Lipinski definition) is 1. The van der Waals surface area contributed by atoms with Crippen molar-refractivity contribution in [2.45, 2.75) is 19.4 Å². The van der Waals surface area contributed by atoms with E-state index in [2.05, 4.69) is 19.9 Å². The first kappa shape index (κ1) is 21.2. The van der Waals surface area contributed by atoms with Crippen LogP contribution in [0.1, 0.15) is 29.2 Å². The van der Waals surface area contributed by atoms with Gasteiger partial charge in [0.2, 0.25) is 10.8 Å². The molecule has 3 heterocycles. The lowest BCUT2D eigenvalue weighted by molar-refractivity contribution is 0.210. The molecule has 1 atom stereocenters. The predicted molar refractivity (Wildman–Crippen MR) is 125 cm³/mol. The number of aromatic nitrogens is 3. The van der Waals surface area contributed by atoms with Crippen molar-refractivity contribution in [1.82, 2.24) is 19.5 Å². The summed E-state index contributed by atoms with van der Waals surface area (Å²) >= 11 is 7.76. The quantitative estimate of drug-likeness (QED) is 0.454. The van der Waals surface area contributed by atoms with E-state index in [0.29, 0.717) is 54.1 Å². The number of hydrogen-bond acceptors (Lipinski definition) is 6. The van der Waals surface area contributed by atoms with Gasteiger partial charge in [0.25, 0.3) is 0 Å². The second-order valence-corrected chi connectivity index (χ2v) is 9.24. The fourth-order valence-corrected chi connectivity index (χ4v) is 5.59. The zero-order chi connectivity index (χ0) is 22.2. The molecule has 6 nitrogen and oxygen atoms in total. The molecule has 1 aliphatic rings. The maximum absolute atomic E-state index is 14.3. The lowest BCUT2D eigenvalue weighted by Gasteiger charge is -2.40. The zero-order valence-electron chi connectivity index (χ0n) is 17.6. The summed E-state index contributed by atoms with van der Waals surface area (Å²) in [5, 5.41) is 16.1. The number of halogens is 2. The minimum absolute atomic E-state index is 0.110. The second kappa shape index (κ2) is 8.69. The highest BCUT2D eigenvalue weighted by molar-refractivity contribution is 7.17. The molecular weight excluding hydrogens is 449 g/mol. The van der Waals surface area contributed by atoms with Gasteiger partial charge in [-0.3, -0.25) is 4.90 Å². The van der Waals surface area contributed by atoms with Crippen LogP contribution in [0.2, 0.25) is 5.02 Å². The molecule has 0 aliphatic carbocycles. The van der Waals surface area contributed by atoms with Crippen LogP contribution in [0, 0.1) is 5.82 Å². The van der Waals surface area contributed by atoms with Gasteiger partial charge in [0, 0.05) is 37.6 Å². The van der Waals surface area contributed by atoms with Crippen molar-refractivity contribution in [3.63, 3.8) is 0 Å². The third kappa shape index (κ3) is 3.83. The normalized spacial score (nSPS) is 16.0. The average molecular weight is 472 g/mol. The number of aryl methyl sites for hydroxylation is 1. The van der Waals surface area contributed by atoms with Gasteiger partial charge < -0.3 is 10.0 Å². The summed E-state index contributed by atoms with van der Waals surface area (Å²) in [6.07, 6.45) is 0.707. The van der Waals surface area contributed by atoms with Crippen LogP contribution in [0.4, 0.5) is 10.1 Å². The van der Waals surface area contributed by atoms with Crippen LogP contribution in [0.25, 0.3) is 4.96 Å². The van der Waals surface area contributed by atoms with E-state index in [0.717, 1.165) is 10.4 Å². The zero-order valence-corrected chi connectivity index (χ0v) is 19.2. The van der Waals surface area contributed by atoms with Crippen LogP contribution >= 0.6 is 22.9 Å². The molecule has 1 saturated heterocycles. The summed E-state index contributed by atoms with van der Waals surface area (Å²) in [4.78, 5) is 10.3. The van der Waals surface area contributed by atoms with Crippen LogP contribution in [-0.2, 0) is 6.42 Å². The van der Waals surface area contributed by atoms with Crippen molar-refractivity contribution < 1.29 is 9.50 Å². The third-order valence-electron chi connectivity index (χ3n) is 5.85. The first-order valence-electron chi connectivity index (χ1n) is 10.6. The van der Waals surface area contributed by atoms with Crippen molar-refractivity contribution in [3.8, 4) is 5.88 Å². The highest BCUT2D eigenvalue weighted by atomic mass is 35.5. The van der Waals surface area contributed by atoms with E-state index in [9.17, 15) is 9.50 Å².